The van der Waals surface area contributed by atoms with Crippen LogP contribution in [0.25, 0.3) is 10.6 Å². The second-order valence-electron chi connectivity index (χ2n) is 5.81. The van der Waals surface area contributed by atoms with Gasteiger partial charge in [-0.1, -0.05) is 11.3 Å². The highest BCUT2D eigenvalue weighted by atomic mass is 32.1. The van der Waals surface area contributed by atoms with Crippen LogP contribution in [0.3, 0.4) is 0 Å². The molecule has 0 aliphatic carbocycles. The van der Waals surface area contributed by atoms with E-state index in [1.807, 2.05) is 6.07 Å². The lowest BCUT2D eigenvalue weighted by atomic mass is 10.1. The summed E-state index contributed by atoms with van der Waals surface area (Å²) in [6.07, 6.45) is 0.844. The average molecular weight is 307 g/mol. The maximum absolute atomic E-state index is 9.81. The summed E-state index contributed by atoms with van der Waals surface area (Å²) in [5.41, 5.74) is 0.954. The van der Waals surface area contributed by atoms with Crippen molar-refractivity contribution < 1.29 is 9.84 Å². The second kappa shape index (κ2) is 6.41. The summed E-state index contributed by atoms with van der Waals surface area (Å²) in [6.45, 7) is 7.28. The van der Waals surface area contributed by atoms with Crippen LogP contribution in [0.4, 0.5) is 0 Å². The van der Waals surface area contributed by atoms with E-state index in [0.717, 1.165) is 28.5 Å². The van der Waals surface area contributed by atoms with Crippen molar-refractivity contribution in [3.05, 3.63) is 23.2 Å². The minimum absolute atomic E-state index is 0.106. The molecule has 0 unspecified atom stereocenters. The molecule has 0 atom stereocenters. The molecule has 0 saturated carbocycles. The summed E-state index contributed by atoms with van der Waals surface area (Å²) in [5, 5.41) is 23.4. The van der Waals surface area contributed by atoms with Crippen molar-refractivity contribution in [3.63, 3.8) is 0 Å². The monoisotopic (exact) mass is 307 g/mol. The Bertz CT molecular complexity index is 605. The Morgan fingerprint density at radius 3 is 2.67 bits per heavy atom. The van der Waals surface area contributed by atoms with Crippen molar-refractivity contribution in [2.45, 2.75) is 32.7 Å². The highest BCUT2D eigenvalue weighted by molar-refractivity contribution is 7.14. The molecule has 2 N–H and O–H groups in total. The first-order valence-electron chi connectivity index (χ1n) is 6.84. The van der Waals surface area contributed by atoms with Gasteiger partial charge in [0.25, 0.3) is 0 Å². The van der Waals surface area contributed by atoms with Gasteiger partial charge >= 0.3 is 0 Å². The molecule has 0 fully saturated rings. The number of benzene rings is 1. The van der Waals surface area contributed by atoms with Crippen LogP contribution in [0.2, 0.25) is 0 Å². The lowest BCUT2D eigenvalue weighted by Gasteiger charge is -2.19. The molecule has 0 amide bonds. The van der Waals surface area contributed by atoms with E-state index in [-0.39, 0.29) is 11.3 Å². The number of hydrogen-bond donors (Lipinski definition) is 2. The minimum Gasteiger partial charge on any atom is -0.504 e. The van der Waals surface area contributed by atoms with Crippen LogP contribution in [0, 0.1) is 0 Å². The van der Waals surface area contributed by atoms with E-state index in [9.17, 15) is 5.11 Å². The van der Waals surface area contributed by atoms with Crippen LogP contribution in [0.1, 0.15) is 25.8 Å². The number of nitrogens with one attached hydrogen (secondary N) is 1. The van der Waals surface area contributed by atoms with E-state index in [2.05, 4.69) is 36.3 Å². The summed E-state index contributed by atoms with van der Waals surface area (Å²) >= 11 is 1.54. The number of methoxy groups -OCH3 is 1. The molecule has 114 valence electrons. The van der Waals surface area contributed by atoms with Gasteiger partial charge in [-0.15, -0.1) is 10.2 Å². The molecule has 0 radical (unpaired) electrons. The van der Waals surface area contributed by atoms with Crippen LogP contribution < -0.4 is 10.1 Å². The number of rotatable bonds is 5. The van der Waals surface area contributed by atoms with E-state index in [1.165, 1.54) is 7.11 Å². The van der Waals surface area contributed by atoms with Crippen molar-refractivity contribution >= 4 is 11.3 Å². The highest BCUT2D eigenvalue weighted by Crippen LogP contribution is 2.32. The summed E-state index contributed by atoms with van der Waals surface area (Å²) in [5.74, 6) is 0.569. The van der Waals surface area contributed by atoms with Gasteiger partial charge in [0.1, 0.15) is 10.0 Å². The second-order valence-corrected chi connectivity index (χ2v) is 6.88. The first-order valence-corrected chi connectivity index (χ1v) is 7.65. The molecule has 1 aromatic heterocycles. The van der Waals surface area contributed by atoms with Crippen molar-refractivity contribution in [2.24, 2.45) is 0 Å². The number of hydrogen-bond acceptors (Lipinski definition) is 6. The smallest absolute Gasteiger partial charge is 0.160 e. The van der Waals surface area contributed by atoms with Crippen LogP contribution >= 0.6 is 11.3 Å². The van der Waals surface area contributed by atoms with E-state index in [0.29, 0.717) is 5.75 Å². The van der Waals surface area contributed by atoms with Crippen molar-refractivity contribution in [1.29, 1.82) is 0 Å². The SMILES string of the molecule is COc1ccc(-c2nnc(CCNC(C)(C)C)s2)cc1O. The number of aromatic nitrogens is 2. The van der Waals surface area contributed by atoms with Gasteiger partial charge in [0, 0.05) is 24.1 Å². The van der Waals surface area contributed by atoms with Crippen LogP contribution in [0.5, 0.6) is 11.5 Å². The Morgan fingerprint density at radius 2 is 2.05 bits per heavy atom. The van der Waals surface area contributed by atoms with E-state index in [1.54, 1.807) is 23.5 Å². The molecule has 1 aromatic carbocycles. The first kappa shape index (κ1) is 15.7. The van der Waals surface area contributed by atoms with E-state index in [4.69, 9.17) is 4.74 Å². The molecule has 0 aliphatic heterocycles. The average Bonchev–Trinajstić information content (AvgIpc) is 2.86. The van der Waals surface area contributed by atoms with Gasteiger partial charge in [0.15, 0.2) is 11.5 Å². The fraction of sp³-hybridized carbons (Fsp3) is 0.467. The largest absolute Gasteiger partial charge is 0.504 e. The van der Waals surface area contributed by atoms with Gasteiger partial charge in [0.2, 0.25) is 0 Å². The first-order chi connectivity index (χ1) is 9.89. The summed E-state index contributed by atoms with van der Waals surface area (Å²) in [4.78, 5) is 0. The molecule has 5 nitrogen and oxygen atoms in total. The number of phenolic OH excluding ortho intramolecular Hbond substituents is 1. The van der Waals surface area contributed by atoms with Crippen molar-refractivity contribution in [3.8, 4) is 22.1 Å². The quantitative estimate of drug-likeness (QED) is 0.889. The van der Waals surface area contributed by atoms with Gasteiger partial charge in [-0.2, -0.15) is 0 Å². The normalized spacial score (nSPS) is 11.6. The third-order valence-corrected chi connectivity index (χ3v) is 3.92. The lowest BCUT2D eigenvalue weighted by molar-refractivity contribution is 0.373. The number of ether oxygens (including phenoxy) is 1. The third-order valence-electron chi connectivity index (χ3n) is 2.89. The van der Waals surface area contributed by atoms with Crippen molar-refractivity contribution in [2.75, 3.05) is 13.7 Å². The predicted molar refractivity (Wildman–Crippen MR) is 85.0 cm³/mol. The number of phenols is 1. The molecule has 0 spiro atoms. The maximum Gasteiger partial charge on any atom is 0.160 e. The fourth-order valence-electron chi connectivity index (χ4n) is 1.84. The van der Waals surface area contributed by atoms with Crippen LogP contribution in [-0.2, 0) is 6.42 Å². The molecule has 1 heterocycles. The minimum atomic E-state index is 0.106. The van der Waals surface area contributed by atoms with Gasteiger partial charge in [-0.3, -0.25) is 0 Å². The summed E-state index contributed by atoms with van der Waals surface area (Å²) in [6, 6.07) is 5.25. The standard InChI is InChI=1S/C15H21N3O2S/c1-15(2,3)16-8-7-13-17-18-14(21-13)10-5-6-12(20-4)11(19)9-10/h5-6,9,16,19H,7-8H2,1-4H3. The Balaban J connectivity index is 2.04. The molecule has 2 aromatic rings. The zero-order chi connectivity index (χ0) is 15.5. The number of nitrogens with zero attached hydrogens (tertiary/aromatic N) is 2. The van der Waals surface area contributed by atoms with Crippen molar-refractivity contribution in [1.82, 2.24) is 15.5 Å². The lowest BCUT2D eigenvalue weighted by Crippen LogP contribution is -2.37. The summed E-state index contributed by atoms with van der Waals surface area (Å²) < 4.78 is 5.04. The number of aromatic hydroxyl groups is 1. The van der Waals surface area contributed by atoms with E-state index < -0.39 is 0 Å². The molecule has 6 heteroatoms. The predicted octanol–water partition coefficient (Wildman–Crippen LogP) is 2.85. The Hall–Kier alpha value is -1.66. The third kappa shape index (κ3) is 4.41. The maximum atomic E-state index is 9.81. The molecule has 2 rings (SSSR count). The van der Waals surface area contributed by atoms with Gasteiger partial charge in [-0.25, -0.2) is 0 Å². The molecule has 0 aliphatic rings. The Kier molecular flexibility index (Phi) is 4.80. The molecule has 0 saturated heterocycles. The summed E-state index contributed by atoms with van der Waals surface area (Å²) in [7, 11) is 1.53. The zero-order valence-corrected chi connectivity index (χ0v) is 13.6. The molecular formula is C15H21N3O2S. The van der Waals surface area contributed by atoms with Gasteiger partial charge < -0.3 is 15.2 Å². The topological polar surface area (TPSA) is 67.3 Å². The van der Waals surface area contributed by atoms with E-state index >= 15 is 0 Å². The van der Waals surface area contributed by atoms with Crippen LogP contribution in [-0.4, -0.2) is 34.5 Å². The Morgan fingerprint density at radius 1 is 1.29 bits per heavy atom. The molecule has 21 heavy (non-hydrogen) atoms. The zero-order valence-electron chi connectivity index (χ0n) is 12.8. The molecule has 0 bridgehead atoms. The van der Waals surface area contributed by atoms with Crippen LogP contribution in [0.15, 0.2) is 18.2 Å². The van der Waals surface area contributed by atoms with Gasteiger partial charge in [-0.05, 0) is 39.0 Å². The molecular weight excluding hydrogens is 286 g/mol. The fourth-order valence-corrected chi connectivity index (χ4v) is 2.67. The Labute approximate surface area is 129 Å². The highest BCUT2D eigenvalue weighted by Gasteiger charge is 2.11. The van der Waals surface area contributed by atoms with Gasteiger partial charge in [0.05, 0.1) is 7.11 Å².